The molecule has 0 amide bonds. The Morgan fingerprint density at radius 3 is 2.71 bits per heavy atom. The fourth-order valence-corrected chi connectivity index (χ4v) is 2.23. The molecule has 0 aliphatic heterocycles. The van der Waals surface area contributed by atoms with Crippen LogP contribution in [-0.4, -0.2) is 17.3 Å². The molecule has 5 heteroatoms. The Morgan fingerprint density at radius 2 is 2.12 bits per heavy atom. The number of aromatic nitrogens is 2. The van der Waals surface area contributed by atoms with E-state index in [1.807, 2.05) is 6.92 Å². The number of ether oxygens (including phenoxy) is 1. The second-order valence-corrected chi connectivity index (χ2v) is 4.59. The van der Waals surface area contributed by atoms with E-state index in [1.165, 1.54) is 6.42 Å². The molecule has 0 aromatic carbocycles. The Morgan fingerprint density at radius 1 is 1.41 bits per heavy atom. The largest absolute Gasteiger partial charge is 0.374 e. The lowest BCUT2D eigenvalue weighted by molar-refractivity contribution is 0.109. The van der Waals surface area contributed by atoms with Gasteiger partial charge in [-0.2, -0.15) is 10.2 Å². The van der Waals surface area contributed by atoms with E-state index in [4.69, 9.17) is 9.26 Å². The molecule has 0 radical (unpaired) electrons. The summed E-state index contributed by atoms with van der Waals surface area (Å²) in [4.78, 5) is 4.32. The maximum Gasteiger partial charge on any atom is 0.247 e. The van der Waals surface area contributed by atoms with Crippen LogP contribution in [0.15, 0.2) is 4.52 Å². The van der Waals surface area contributed by atoms with Gasteiger partial charge in [0.1, 0.15) is 11.5 Å². The smallest absolute Gasteiger partial charge is 0.247 e. The van der Waals surface area contributed by atoms with Crippen molar-refractivity contribution in [3.8, 4) is 6.07 Å². The van der Waals surface area contributed by atoms with Crippen molar-refractivity contribution in [2.45, 2.75) is 50.5 Å². The van der Waals surface area contributed by atoms with Gasteiger partial charge in [0.15, 0.2) is 5.82 Å². The van der Waals surface area contributed by atoms with Gasteiger partial charge in [-0.15, -0.1) is 0 Å². The summed E-state index contributed by atoms with van der Waals surface area (Å²) in [5.41, 5.74) is -0.572. The highest BCUT2D eigenvalue weighted by Crippen LogP contribution is 2.38. The highest BCUT2D eigenvalue weighted by molar-refractivity contribution is 5.19. The topological polar surface area (TPSA) is 71.9 Å². The minimum absolute atomic E-state index is 0.202. The molecule has 0 spiro atoms. The van der Waals surface area contributed by atoms with Gasteiger partial charge < -0.3 is 9.26 Å². The summed E-state index contributed by atoms with van der Waals surface area (Å²) in [6.45, 7) is 1.86. The standard InChI is InChI=1S/C12H17N3O2/c1-9(16-2)10-14-11(17-15-10)12(8-13)6-4-3-5-7-12/h9H,3-7H2,1-2H3. The van der Waals surface area contributed by atoms with E-state index >= 15 is 0 Å². The average Bonchev–Trinajstić information content (AvgIpc) is 2.88. The monoisotopic (exact) mass is 235 g/mol. The van der Waals surface area contributed by atoms with Gasteiger partial charge in [0.25, 0.3) is 0 Å². The summed E-state index contributed by atoms with van der Waals surface area (Å²) in [6, 6.07) is 2.37. The second-order valence-electron chi connectivity index (χ2n) is 4.59. The van der Waals surface area contributed by atoms with Crippen LogP contribution in [0.2, 0.25) is 0 Å². The van der Waals surface area contributed by atoms with Crippen molar-refractivity contribution in [1.82, 2.24) is 10.1 Å². The van der Waals surface area contributed by atoms with Crippen LogP contribution in [0.25, 0.3) is 0 Å². The van der Waals surface area contributed by atoms with Crippen LogP contribution < -0.4 is 0 Å². The highest BCUT2D eigenvalue weighted by Gasteiger charge is 2.39. The first kappa shape index (κ1) is 12.1. The third kappa shape index (κ3) is 2.18. The second kappa shape index (κ2) is 4.84. The Hall–Kier alpha value is -1.41. The van der Waals surface area contributed by atoms with Gasteiger partial charge in [-0.3, -0.25) is 0 Å². The molecule has 5 nitrogen and oxygen atoms in total. The minimum Gasteiger partial charge on any atom is -0.374 e. The first-order valence-corrected chi connectivity index (χ1v) is 6.00. The van der Waals surface area contributed by atoms with Crippen molar-refractivity contribution in [3.05, 3.63) is 11.7 Å². The Kier molecular flexibility index (Phi) is 3.43. The summed E-state index contributed by atoms with van der Waals surface area (Å²) in [5, 5.41) is 13.3. The third-order valence-electron chi connectivity index (χ3n) is 3.49. The lowest BCUT2D eigenvalue weighted by Gasteiger charge is -2.26. The number of nitrogens with zero attached hydrogens (tertiary/aromatic N) is 3. The van der Waals surface area contributed by atoms with Crippen LogP contribution in [0.4, 0.5) is 0 Å². The molecular formula is C12H17N3O2. The van der Waals surface area contributed by atoms with Gasteiger partial charge in [-0.1, -0.05) is 24.4 Å². The summed E-state index contributed by atoms with van der Waals surface area (Å²) in [7, 11) is 1.60. The molecule has 1 aromatic heterocycles. The maximum atomic E-state index is 9.39. The van der Waals surface area contributed by atoms with E-state index in [2.05, 4.69) is 16.2 Å². The lowest BCUT2D eigenvalue weighted by Crippen LogP contribution is -2.27. The molecule has 0 N–H and O–H groups in total. The van der Waals surface area contributed by atoms with Crippen molar-refractivity contribution in [2.75, 3.05) is 7.11 Å². The number of methoxy groups -OCH3 is 1. The van der Waals surface area contributed by atoms with Gasteiger partial charge in [0.05, 0.1) is 6.07 Å². The van der Waals surface area contributed by atoms with Crippen LogP contribution >= 0.6 is 0 Å². The van der Waals surface area contributed by atoms with E-state index in [-0.39, 0.29) is 6.10 Å². The van der Waals surface area contributed by atoms with Crippen LogP contribution in [0, 0.1) is 11.3 Å². The number of hydrogen-bond donors (Lipinski definition) is 0. The van der Waals surface area contributed by atoms with Gasteiger partial charge in [0.2, 0.25) is 5.89 Å². The molecule has 1 unspecified atom stereocenters. The molecule has 1 heterocycles. The SMILES string of the molecule is COC(C)c1noc(C2(C#N)CCCCC2)n1. The van der Waals surface area contributed by atoms with Crippen molar-refractivity contribution in [1.29, 1.82) is 5.26 Å². The van der Waals surface area contributed by atoms with Gasteiger partial charge >= 0.3 is 0 Å². The molecule has 1 fully saturated rings. The van der Waals surface area contributed by atoms with Crippen LogP contribution in [0.3, 0.4) is 0 Å². The minimum atomic E-state index is -0.572. The molecule has 17 heavy (non-hydrogen) atoms. The molecule has 2 rings (SSSR count). The Bertz CT molecular complexity index is 416. The normalized spacial score (nSPS) is 20.8. The molecule has 1 atom stereocenters. The predicted molar refractivity (Wildman–Crippen MR) is 60.1 cm³/mol. The zero-order chi connectivity index (χ0) is 12.3. The predicted octanol–water partition coefficient (Wildman–Crippen LogP) is 2.50. The van der Waals surface area contributed by atoms with Crippen molar-refractivity contribution < 1.29 is 9.26 Å². The molecule has 0 bridgehead atoms. The highest BCUT2D eigenvalue weighted by atomic mass is 16.5. The quantitative estimate of drug-likeness (QED) is 0.804. The molecule has 92 valence electrons. The summed E-state index contributed by atoms with van der Waals surface area (Å²) in [6.07, 6.45) is 4.69. The number of rotatable bonds is 3. The van der Waals surface area contributed by atoms with E-state index in [0.717, 1.165) is 25.7 Å². The zero-order valence-corrected chi connectivity index (χ0v) is 10.3. The third-order valence-corrected chi connectivity index (χ3v) is 3.49. The zero-order valence-electron chi connectivity index (χ0n) is 10.3. The molecule has 0 saturated heterocycles. The van der Waals surface area contributed by atoms with Crippen molar-refractivity contribution >= 4 is 0 Å². The molecular weight excluding hydrogens is 218 g/mol. The fraction of sp³-hybridized carbons (Fsp3) is 0.750. The van der Waals surface area contributed by atoms with E-state index in [1.54, 1.807) is 7.11 Å². The van der Waals surface area contributed by atoms with Gasteiger partial charge in [0, 0.05) is 7.11 Å². The van der Waals surface area contributed by atoms with E-state index in [9.17, 15) is 5.26 Å². The first-order chi connectivity index (χ1) is 8.22. The number of nitriles is 1. The summed E-state index contributed by atoms with van der Waals surface area (Å²) >= 11 is 0. The van der Waals surface area contributed by atoms with E-state index < -0.39 is 5.41 Å². The Balaban J connectivity index is 2.26. The van der Waals surface area contributed by atoms with Crippen LogP contribution in [0.5, 0.6) is 0 Å². The lowest BCUT2D eigenvalue weighted by atomic mass is 9.75. The fourth-order valence-electron chi connectivity index (χ4n) is 2.23. The molecule has 1 aromatic rings. The van der Waals surface area contributed by atoms with Crippen LogP contribution in [0.1, 0.15) is 56.8 Å². The van der Waals surface area contributed by atoms with Crippen molar-refractivity contribution in [2.24, 2.45) is 0 Å². The average molecular weight is 235 g/mol. The van der Waals surface area contributed by atoms with Crippen molar-refractivity contribution in [3.63, 3.8) is 0 Å². The number of hydrogen-bond acceptors (Lipinski definition) is 5. The van der Waals surface area contributed by atoms with Crippen LogP contribution in [-0.2, 0) is 10.2 Å². The Labute approximate surface area is 101 Å². The van der Waals surface area contributed by atoms with Gasteiger partial charge in [-0.05, 0) is 19.8 Å². The molecule has 1 aliphatic rings. The van der Waals surface area contributed by atoms with E-state index in [0.29, 0.717) is 11.7 Å². The molecule has 1 saturated carbocycles. The summed E-state index contributed by atoms with van der Waals surface area (Å²) < 4.78 is 10.4. The summed E-state index contributed by atoms with van der Waals surface area (Å²) in [5.74, 6) is 0.973. The van der Waals surface area contributed by atoms with Gasteiger partial charge in [-0.25, -0.2) is 0 Å². The maximum absolute atomic E-state index is 9.39. The molecule has 1 aliphatic carbocycles. The first-order valence-electron chi connectivity index (χ1n) is 6.00.